The second-order valence-electron chi connectivity index (χ2n) is 2.81. The molecular formula is C7H14N2O2S. The first kappa shape index (κ1) is 9.67. The summed E-state index contributed by atoms with van der Waals surface area (Å²) in [6.45, 7) is 1.70. The predicted molar refractivity (Wildman–Crippen MR) is 48.4 cm³/mol. The van der Waals surface area contributed by atoms with Crippen molar-refractivity contribution in [2.24, 2.45) is 0 Å². The highest BCUT2D eigenvalue weighted by atomic mass is 32.2. The molecule has 0 aliphatic carbocycles. The Morgan fingerprint density at radius 2 is 2.50 bits per heavy atom. The zero-order valence-electron chi connectivity index (χ0n) is 7.13. The molecule has 12 heavy (non-hydrogen) atoms. The lowest BCUT2D eigenvalue weighted by molar-refractivity contribution is -0.118. The van der Waals surface area contributed by atoms with Crippen LogP contribution in [0, 0.1) is 0 Å². The molecule has 1 rings (SSSR count). The van der Waals surface area contributed by atoms with E-state index in [2.05, 4.69) is 10.6 Å². The highest BCUT2D eigenvalue weighted by Gasteiger charge is 2.22. The van der Waals surface area contributed by atoms with Crippen LogP contribution in [0.25, 0.3) is 0 Å². The van der Waals surface area contributed by atoms with Crippen molar-refractivity contribution in [2.45, 2.75) is 11.7 Å². The fraction of sp³-hybridized carbons (Fsp3) is 0.857. The monoisotopic (exact) mass is 190 g/mol. The average Bonchev–Trinajstić information content (AvgIpc) is 2.56. The lowest BCUT2D eigenvalue weighted by Gasteiger charge is -2.06. The summed E-state index contributed by atoms with van der Waals surface area (Å²) in [5.41, 5.74) is 0. The quantitative estimate of drug-likeness (QED) is 0.590. The zero-order chi connectivity index (χ0) is 8.97. The average molecular weight is 190 g/mol. The number of hydrogen-bond donors (Lipinski definition) is 2. The molecule has 70 valence electrons. The van der Waals surface area contributed by atoms with Gasteiger partial charge in [0.15, 0.2) is 0 Å². The van der Waals surface area contributed by atoms with Gasteiger partial charge in [0.2, 0.25) is 5.91 Å². The minimum absolute atomic E-state index is 0.139. The van der Waals surface area contributed by atoms with Crippen molar-refractivity contribution in [3.63, 3.8) is 0 Å². The van der Waals surface area contributed by atoms with Crippen LogP contribution in [0.1, 0.15) is 6.42 Å². The fourth-order valence-electron chi connectivity index (χ4n) is 1.17. The SMILES string of the molecule is CNC(=O)CS(=O)C1CCNC1. The first-order chi connectivity index (χ1) is 5.74. The van der Waals surface area contributed by atoms with Gasteiger partial charge >= 0.3 is 0 Å². The second kappa shape index (κ2) is 4.57. The van der Waals surface area contributed by atoms with E-state index in [0.717, 1.165) is 19.5 Å². The predicted octanol–water partition coefficient (Wildman–Crippen LogP) is -1.16. The van der Waals surface area contributed by atoms with E-state index in [-0.39, 0.29) is 16.9 Å². The van der Waals surface area contributed by atoms with Crippen LogP contribution >= 0.6 is 0 Å². The van der Waals surface area contributed by atoms with Gasteiger partial charge in [0.05, 0.1) is 0 Å². The van der Waals surface area contributed by atoms with E-state index in [1.165, 1.54) is 0 Å². The van der Waals surface area contributed by atoms with Crippen molar-refractivity contribution < 1.29 is 9.00 Å². The highest BCUT2D eigenvalue weighted by molar-refractivity contribution is 7.86. The van der Waals surface area contributed by atoms with Crippen molar-refractivity contribution in [3.05, 3.63) is 0 Å². The largest absolute Gasteiger partial charge is 0.358 e. The third kappa shape index (κ3) is 2.57. The number of carbonyl (C=O) groups is 1. The van der Waals surface area contributed by atoms with Crippen LogP contribution in [-0.2, 0) is 15.6 Å². The molecule has 1 saturated heterocycles. The van der Waals surface area contributed by atoms with E-state index in [1.807, 2.05) is 0 Å². The number of rotatable bonds is 3. The molecule has 0 spiro atoms. The summed E-state index contributed by atoms with van der Waals surface area (Å²) in [6, 6.07) is 0. The fourth-order valence-corrected chi connectivity index (χ4v) is 2.49. The smallest absolute Gasteiger partial charge is 0.232 e. The van der Waals surface area contributed by atoms with Gasteiger partial charge in [-0.25, -0.2) is 0 Å². The maximum absolute atomic E-state index is 11.4. The summed E-state index contributed by atoms with van der Waals surface area (Å²) in [5, 5.41) is 5.76. The molecule has 2 N–H and O–H groups in total. The molecule has 0 aromatic rings. The Labute approximate surface area is 74.6 Å². The Kier molecular flexibility index (Phi) is 3.68. The Morgan fingerprint density at radius 3 is 3.00 bits per heavy atom. The lowest BCUT2D eigenvalue weighted by atomic mass is 10.4. The summed E-state index contributed by atoms with van der Waals surface area (Å²) < 4.78 is 11.4. The maximum Gasteiger partial charge on any atom is 0.232 e. The summed E-state index contributed by atoms with van der Waals surface area (Å²) >= 11 is 0. The van der Waals surface area contributed by atoms with E-state index in [1.54, 1.807) is 7.05 Å². The first-order valence-corrected chi connectivity index (χ1v) is 5.40. The van der Waals surface area contributed by atoms with Crippen molar-refractivity contribution in [1.29, 1.82) is 0 Å². The number of amides is 1. The van der Waals surface area contributed by atoms with Crippen molar-refractivity contribution in [2.75, 3.05) is 25.9 Å². The van der Waals surface area contributed by atoms with Gasteiger partial charge < -0.3 is 10.6 Å². The van der Waals surface area contributed by atoms with Gasteiger partial charge in [0.25, 0.3) is 0 Å². The van der Waals surface area contributed by atoms with Crippen LogP contribution in [0.2, 0.25) is 0 Å². The van der Waals surface area contributed by atoms with Gasteiger partial charge in [-0.2, -0.15) is 0 Å². The minimum Gasteiger partial charge on any atom is -0.358 e. The normalized spacial score (nSPS) is 25.2. The van der Waals surface area contributed by atoms with E-state index < -0.39 is 10.8 Å². The van der Waals surface area contributed by atoms with Crippen LogP contribution in [0.3, 0.4) is 0 Å². The zero-order valence-corrected chi connectivity index (χ0v) is 7.95. The van der Waals surface area contributed by atoms with Crippen LogP contribution in [0.5, 0.6) is 0 Å². The molecule has 1 heterocycles. The van der Waals surface area contributed by atoms with Crippen LogP contribution in [0.15, 0.2) is 0 Å². The molecule has 0 aromatic heterocycles. The molecule has 1 amide bonds. The standard InChI is InChI=1S/C7H14N2O2S/c1-8-7(10)5-12(11)6-2-3-9-4-6/h6,9H,2-5H2,1H3,(H,8,10). The molecule has 4 nitrogen and oxygen atoms in total. The van der Waals surface area contributed by atoms with Crippen molar-refractivity contribution in [3.8, 4) is 0 Å². The van der Waals surface area contributed by atoms with Gasteiger partial charge in [-0.3, -0.25) is 9.00 Å². The van der Waals surface area contributed by atoms with Gasteiger partial charge in [0.1, 0.15) is 5.75 Å². The summed E-state index contributed by atoms with van der Waals surface area (Å²) in [6.07, 6.45) is 0.920. The Morgan fingerprint density at radius 1 is 1.75 bits per heavy atom. The first-order valence-electron chi connectivity index (χ1n) is 4.02. The third-order valence-corrected chi connectivity index (χ3v) is 3.63. The third-order valence-electron chi connectivity index (χ3n) is 1.94. The Balaban J connectivity index is 2.32. The topological polar surface area (TPSA) is 58.2 Å². The molecule has 1 aliphatic heterocycles. The molecule has 2 atom stereocenters. The summed E-state index contributed by atoms with van der Waals surface area (Å²) in [5.74, 6) is 0.00304. The Hall–Kier alpha value is -0.420. The molecule has 0 bridgehead atoms. The van der Waals surface area contributed by atoms with Gasteiger partial charge in [0, 0.05) is 29.6 Å². The molecule has 5 heteroatoms. The second-order valence-corrected chi connectivity index (χ2v) is 4.53. The van der Waals surface area contributed by atoms with Gasteiger partial charge in [-0.05, 0) is 13.0 Å². The molecule has 0 aromatic carbocycles. The van der Waals surface area contributed by atoms with E-state index >= 15 is 0 Å². The molecular weight excluding hydrogens is 176 g/mol. The molecule has 2 unspecified atom stereocenters. The highest BCUT2D eigenvalue weighted by Crippen LogP contribution is 2.06. The van der Waals surface area contributed by atoms with Crippen LogP contribution < -0.4 is 10.6 Å². The van der Waals surface area contributed by atoms with Crippen molar-refractivity contribution in [1.82, 2.24) is 10.6 Å². The number of nitrogens with one attached hydrogen (secondary N) is 2. The number of carbonyl (C=O) groups excluding carboxylic acids is 1. The van der Waals surface area contributed by atoms with E-state index in [4.69, 9.17) is 0 Å². The number of hydrogen-bond acceptors (Lipinski definition) is 3. The minimum atomic E-state index is -1.000. The Bertz CT molecular complexity index is 190. The molecule has 1 aliphatic rings. The summed E-state index contributed by atoms with van der Waals surface area (Å²) in [7, 11) is 0.562. The van der Waals surface area contributed by atoms with E-state index in [9.17, 15) is 9.00 Å². The van der Waals surface area contributed by atoms with Crippen LogP contribution in [0.4, 0.5) is 0 Å². The maximum atomic E-state index is 11.4. The lowest BCUT2D eigenvalue weighted by Crippen LogP contribution is -2.30. The molecule has 0 radical (unpaired) electrons. The van der Waals surface area contributed by atoms with E-state index in [0.29, 0.717) is 0 Å². The molecule has 1 fully saturated rings. The summed E-state index contributed by atoms with van der Waals surface area (Å²) in [4.78, 5) is 10.9. The molecule has 0 saturated carbocycles. The van der Waals surface area contributed by atoms with Gasteiger partial charge in [-0.1, -0.05) is 0 Å². The van der Waals surface area contributed by atoms with Crippen LogP contribution in [-0.4, -0.2) is 41.3 Å². The van der Waals surface area contributed by atoms with Gasteiger partial charge in [-0.15, -0.1) is 0 Å². The van der Waals surface area contributed by atoms with Crippen molar-refractivity contribution >= 4 is 16.7 Å².